The molecule has 1 N–H and O–H groups in total. The van der Waals surface area contributed by atoms with Gasteiger partial charge in [-0.15, -0.1) is 0 Å². The maximum absolute atomic E-state index is 12.8. The summed E-state index contributed by atoms with van der Waals surface area (Å²) >= 11 is 0. The summed E-state index contributed by atoms with van der Waals surface area (Å²) in [7, 11) is 1.91. The van der Waals surface area contributed by atoms with Gasteiger partial charge >= 0.3 is 0 Å². The average Bonchev–Trinajstić information content (AvgIpc) is 2.68. The maximum Gasteiger partial charge on any atom is 0.229 e. The average molecular weight is 330 g/mol. The van der Waals surface area contributed by atoms with Gasteiger partial charge in [0.1, 0.15) is 0 Å². The SMILES string of the molecule is CCN1CCC(C(=O)N(C)c2ccc(N3CCNCC3)cc2)CC1. The van der Waals surface area contributed by atoms with Crippen LogP contribution in [0, 0.1) is 5.92 Å². The molecule has 1 amide bonds. The van der Waals surface area contributed by atoms with Gasteiger partial charge in [-0.05, 0) is 56.7 Å². The molecule has 0 spiro atoms. The number of nitrogens with zero attached hydrogens (tertiary/aromatic N) is 3. The fraction of sp³-hybridized carbons (Fsp3) is 0.632. The second-order valence-corrected chi connectivity index (χ2v) is 6.86. The van der Waals surface area contributed by atoms with Crippen molar-refractivity contribution in [3.8, 4) is 0 Å². The van der Waals surface area contributed by atoms with E-state index in [1.54, 1.807) is 0 Å². The van der Waals surface area contributed by atoms with E-state index in [9.17, 15) is 4.79 Å². The van der Waals surface area contributed by atoms with Gasteiger partial charge in [0.2, 0.25) is 5.91 Å². The molecule has 3 rings (SSSR count). The Morgan fingerprint density at radius 2 is 1.75 bits per heavy atom. The van der Waals surface area contributed by atoms with Gasteiger partial charge in [0, 0.05) is 50.5 Å². The van der Waals surface area contributed by atoms with Crippen molar-refractivity contribution in [2.24, 2.45) is 5.92 Å². The Kier molecular flexibility index (Phi) is 5.74. The van der Waals surface area contributed by atoms with Gasteiger partial charge in [0.05, 0.1) is 0 Å². The van der Waals surface area contributed by atoms with Gasteiger partial charge in [0.15, 0.2) is 0 Å². The first-order valence-electron chi connectivity index (χ1n) is 9.24. The number of anilines is 2. The smallest absolute Gasteiger partial charge is 0.229 e. The lowest BCUT2D eigenvalue weighted by Crippen LogP contribution is -2.43. The van der Waals surface area contributed by atoms with E-state index < -0.39 is 0 Å². The minimum absolute atomic E-state index is 0.172. The van der Waals surface area contributed by atoms with Crippen molar-refractivity contribution in [1.29, 1.82) is 0 Å². The standard InChI is InChI=1S/C19H30N4O/c1-3-22-12-8-16(9-13-22)19(24)21(2)17-4-6-18(7-5-17)23-14-10-20-11-15-23/h4-7,16,20H,3,8-15H2,1-2H3. The molecular weight excluding hydrogens is 300 g/mol. The zero-order valence-electron chi connectivity index (χ0n) is 15.0. The van der Waals surface area contributed by atoms with E-state index in [2.05, 4.69) is 46.3 Å². The Morgan fingerprint density at radius 1 is 1.12 bits per heavy atom. The molecule has 0 saturated carbocycles. The molecule has 0 aromatic heterocycles. The highest BCUT2D eigenvalue weighted by atomic mass is 16.2. The van der Waals surface area contributed by atoms with Crippen molar-refractivity contribution in [3.63, 3.8) is 0 Å². The third kappa shape index (κ3) is 3.90. The van der Waals surface area contributed by atoms with Crippen LogP contribution in [0.2, 0.25) is 0 Å². The van der Waals surface area contributed by atoms with E-state index in [1.165, 1.54) is 5.69 Å². The molecule has 5 nitrogen and oxygen atoms in total. The normalized spacial score (nSPS) is 20.2. The second kappa shape index (κ2) is 7.99. The molecule has 1 aromatic rings. The summed E-state index contributed by atoms with van der Waals surface area (Å²) in [5, 5.41) is 3.37. The van der Waals surface area contributed by atoms with Crippen LogP contribution >= 0.6 is 0 Å². The van der Waals surface area contributed by atoms with Crippen LogP contribution in [0.15, 0.2) is 24.3 Å². The molecule has 2 heterocycles. The summed E-state index contributed by atoms with van der Waals surface area (Å²) in [5.74, 6) is 0.436. The van der Waals surface area contributed by atoms with Gasteiger partial charge in [-0.1, -0.05) is 6.92 Å². The molecule has 1 aromatic carbocycles. The van der Waals surface area contributed by atoms with Crippen molar-refractivity contribution in [2.75, 3.05) is 62.7 Å². The van der Waals surface area contributed by atoms with Gasteiger partial charge in [0.25, 0.3) is 0 Å². The van der Waals surface area contributed by atoms with Crippen LogP contribution < -0.4 is 15.1 Å². The number of carbonyl (C=O) groups excluding carboxylic acids is 1. The summed E-state index contributed by atoms with van der Waals surface area (Å²) in [6, 6.07) is 8.45. The fourth-order valence-corrected chi connectivity index (χ4v) is 3.71. The minimum atomic E-state index is 0.172. The quantitative estimate of drug-likeness (QED) is 0.914. The van der Waals surface area contributed by atoms with Crippen LogP contribution in [0.4, 0.5) is 11.4 Å². The predicted octanol–water partition coefficient (Wildman–Crippen LogP) is 1.79. The van der Waals surface area contributed by atoms with Gasteiger partial charge < -0.3 is 20.0 Å². The van der Waals surface area contributed by atoms with Crippen LogP contribution in [0.5, 0.6) is 0 Å². The van der Waals surface area contributed by atoms with Crippen LogP contribution in [0.3, 0.4) is 0 Å². The number of likely N-dealkylation sites (tertiary alicyclic amines) is 1. The van der Waals surface area contributed by atoms with Crippen molar-refractivity contribution < 1.29 is 4.79 Å². The summed E-state index contributed by atoms with van der Waals surface area (Å²) in [4.78, 5) is 19.4. The first kappa shape index (κ1) is 17.2. The summed E-state index contributed by atoms with van der Waals surface area (Å²) < 4.78 is 0. The third-order valence-corrected chi connectivity index (χ3v) is 5.43. The number of piperidine rings is 1. The molecule has 2 fully saturated rings. The molecule has 2 aliphatic rings. The van der Waals surface area contributed by atoms with E-state index in [4.69, 9.17) is 0 Å². The zero-order valence-corrected chi connectivity index (χ0v) is 15.0. The summed E-state index contributed by atoms with van der Waals surface area (Å²) in [5.41, 5.74) is 2.24. The van der Waals surface area contributed by atoms with Crippen molar-refractivity contribution in [2.45, 2.75) is 19.8 Å². The number of hydrogen-bond acceptors (Lipinski definition) is 4. The molecule has 5 heteroatoms. The van der Waals surface area contributed by atoms with E-state index in [0.717, 1.165) is 64.3 Å². The first-order valence-corrected chi connectivity index (χ1v) is 9.24. The number of benzene rings is 1. The topological polar surface area (TPSA) is 38.8 Å². The third-order valence-electron chi connectivity index (χ3n) is 5.43. The van der Waals surface area contributed by atoms with Gasteiger partial charge in [-0.25, -0.2) is 0 Å². The Hall–Kier alpha value is -1.59. The van der Waals surface area contributed by atoms with E-state index in [-0.39, 0.29) is 11.8 Å². The molecule has 24 heavy (non-hydrogen) atoms. The van der Waals surface area contributed by atoms with Crippen LogP contribution in [0.1, 0.15) is 19.8 Å². The van der Waals surface area contributed by atoms with Crippen LogP contribution in [-0.2, 0) is 4.79 Å². The molecule has 0 bridgehead atoms. The molecule has 2 saturated heterocycles. The summed E-state index contributed by atoms with van der Waals surface area (Å²) in [6.07, 6.45) is 1.96. The van der Waals surface area contributed by atoms with Gasteiger partial charge in [-0.3, -0.25) is 4.79 Å². The first-order chi connectivity index (χ1) is 11.7. The van der Waals surface area contributed by atoms with E-state index >= 15 is 0 Å². The molecule has 0 atom stereocenters. The molecular formula is C19H30N4O. The minimum Gasteiger partial charge on any atom is -0.369 e. The molecule has 0 unspecified atom stereocenters. The fourth-order valence-electron chi connectivity index (χ4n) is 3.71. The highest BCUT2D eigenvalue weighted by Crippen LogP contribution is 2.24. The number of rotatable bonds is 4. The monoisotopic (exact) mass is 330 g/mol. The number of amides is 1. The molecule has 132 valence electrons. The lowest BCUT2D eigenvalue weighted by Gasteiger charge is -2.33. The Labute approximate surface area is 145 Å². The highest BCUT2D eigenvalue weighted by Gasteiger charge is 2.27. The Balaban J connectivity index is 1.60. The van der Waals surface area contributed by atoms with Crippen molar-refractivity contribution in [3.05, 3.63) is 24.3 Å². The predicted molar refractivity (Wildman–Crippen MR) is 99.8 cm³/mol. The number of nitrogens with one attached hydrogen (secondary N) is 1. The van der Waals surface area contributed by atoms with Gasteiger partial charge in [-0.2, -0.15) is 0 Å². The van der Waals surface area contributed by atoms with E-state index in [0.29, 0.717) is 0 Å². The van der Waals surface area contributed by atoms with Crippen molar-refractivity contribution in [1.82, 2.24) is 10.2 Å². The number of carbonyl (C=O) groups is 1. The highest BCUT2D eigenvalue weighted by molar-refractivity contribution is 5.94. The Bertz CT molecular complexity index is 531. The second-order valence-electron chi connectivity index (χ2n) is 6.86. The molecule has 0 radical (unpaired) electrons. The zero-order chi connectivity index (χ0) is 16.9. The van der Waals surface area contributed by atoms with Crippen LogP contribution in [0.25, 0.3) is 0 Å². The molecule has 0 aliphatic carbocycles. The van der Waals surface area contributed by atoms with Crippen molar-refractivity contribution >= 4 is 17.3 Å². The van der Waals surface area contributed by atoms with E-state index in [1.807, 2.05) is 11.9 Å². The maximum atomic E-state index is 12.8. The Morgan fingerprint density at radius 3 is 2.33 bits per heavy atom. The summed E-state index contributed by atoms with van der Waals surface area (Å²) in [6.45, 7) is 9.53. The van der Waals surface area contributed by atoms with Crippen LogP contribution in [-0.4, -0.2) is 63.7 Å². The lowest BCUT2D eigenvalue weighted by molar-refractivity contribution is -0.123. The number of piperazine rings is 1. The number of hydrogen-bond donors (Lipinski definition) is 1. The largest absolute Gasteiger partial charge is 0.369 e. The molecule has 2 aliphatic heterocycles. The lowest BCUT2D eigenvalue weighted by atomic mass is 9.95.